The minimum absolute atomic E-state index is 0.633. The van der Waals surface area contributed by atoms with Crippen molar-refractivity contribution in [2.45, 2.75) is 5.25 Å². The van der Waals surface area contributed by atoms with Crippen molar-refractivity contribution in [1.29, 1.82) is 0 Å². The molecule has 0 aromatic heterocycles. The smallest absolute Gasteiger partial charge is 0.333 e. The Morgan fingerprint density at radius 3 is 2.09 bits per heavy atom. The van der Waals surface area contributed by atoms with Crippen LogP contribution in [0.3, 0.4) is 0 Å². The average Bonchev–Trinajstić information content (AvgIpc) is 1.83. The summed E-state index contributed by atoms with van der Waals surface area (Å²) in [5.41, 5.74) is 0. The van der Waals surface area contributed by atoms with E-state index < -0.39 is 21.3 Å². The van der Waals surface area contributed by atoms with E-state index >= 15 is 0 Å². The molecule has 0 fully saturated rings. The maximum atomic E-state index is 12.1. The van der Waals surface area contributed by atoms with Gasteiger partial charge in [-0.15, -0.1) is 0 Å². The molecule has 0 amide bonds. The first-order chi connectivity index (χ1) is 4.73. The van der Waals surface area contributed by atoms with E-state index in [-0.39, 0.29) is 0 Å². The van der Waals surface area contributed by atoms with Gasteiger partial charge in [0.2, 0.25) is 0 Å². The van der Waals surface area contributed by atoms with Crippen LogP contribution in [0, 0.1) is 0 Å². The summed E-state index contributed by atoms with van der Waals surface area (Å²) >= 11 is 0. The Morgan fingerprint density at radius 1 is 1.64 bits per heavy atom. The van der Waals surface area contributed by atoms with Gasteiger partial charge in [-0.25, -0.2) is 0 Å². The molecule has 5 nitrogen and oxygen atoms in total. The monoisotopic (exact) mass is 191 g/mol. The lowest BCUT2D eigenvalue weighted by Gasteiger charge is -2.02. The van der Waals surface area contributed by atoms with E-state index in [1.54, 1.807) is 0 Å². The highest BCUT2D eigenvalue weighted by atomic mass is 32.2. The molecule has 0 aliphatic heterocycles. The van der Waals surface area contributed by atoms with Crippen LogP contribution in [0.25, 0.3) is 0 Å². The van der Waals surface area contributed by atoms with E-state index in [1.165, 1.54) is 0 Å². The molecule has 0 saturated carbocycles. The summed E-state index contributed by atoms with van der Waals surface area (Å²) in [6.45, 7) is 0. The van der Waals surface area contributed by atoms with Crippen LogP contribution in [-0.4, -0.2) is 36.1 Å². The van der Waals surface area contributed by atoms with Crippen molar-refractivity contribution in [1.82, 2.24) is 0 Å². The molecule has 0 unspecified atom stereocenters. The van der Waals surface area contributed by atoms with Crippen LogP contribution >= 0.6 is 0 Å². The van der Waals surface area contributed by atoms with Gasteiger partial charge in [-0.3, -0.25) is 4.55 Å². The van der Waals surface area contributed by atoms with E-state index in [2.05, 4.69) is 4.74 Å². The fraction of sp³-hybridized carbons (Fsp3) is 0.667. The van der Waals surface area contributed by atoms with Crippen LogP contribution in [-0.2, 0) is 14.9 Å². The zero-order valence-electron chi connectivity index (χ0n) is 5.28. The Balaban J connectivity index is 4.90. The van der Waals surface area contributed by atoms with Gasteiger partial charge in [0, 0.05) is 0 Å². The second-order valence-electron chi connectivity index (χ2n) is 1.50. The van der Waals surface area contributed by atoms with Gasteiger partial charge in [-0.2, -0.15) is 17.2 Å². The summed E-state index contributed by atoms with van der Waals surface area (Å²) in [5, 5.41) is -4.78. The Morgan fingerprint density at radius 2 is 2.00 bits per heavy atom. The highest BCUT2D eigenvalue weighted by molar-refractivity contribution is 7.87. The number of hydrogen-bond donors (Lipinski definition) is 1. The van der Waals surface area contributed by atoms with Gasteiger partial charge in [0.25, 0.3) is 0 Å². The lowest BCUT2D eigenvalue weighted by Crippen LogP contribution is -2.38. The van der Waals surface area contributed by atoms with Crippen molar-refractivity contribution in [2.24, 2.45) is 0 Å². The van der Waals surface area contributed by atoms with Crippen LogP contribution in [0.1, 0.15) is 0 Å². The average molecular weight is 191 g/mol. The summed E-state index contributed by atoms with van der Waals surface area (Å²) in [6, 6.07) is 0. The van der Waals surface area contributed by atoms with E-state index in [4.69, 9.17) is 9.35 Å². The number of rotatable bonds is 2. The summed E-state index contributed by atoms with van der Waals surface area (Å²) in [4.78, 5) is 8.13. The molecular formula is C3H5F2O5S+. The highest BCUT2D eigenvalue weighted by Gasteiger charge is 2.60. The topological polar surface area (TPSA) is 85.0 Å². The minimum Gasteiger partial charge on any atom is -0.333 e. The molecule has 11 heavy (non-hydrogen) atoms. The van der Waals surface area contributed by atoms with Crippen LogP contribution in [0.5, 0.6) is 0 Å². The molecule has 8 heteroatoms. The van der Waals surface area contributed by atoms with Gasteiger partial charge in [0.05, 0.1) is 0 Å². The van der Waals surface area contributed by atoms with Crippen molar-refractivity contribution in [3.05, 3.63) is 0 Å². The molecule has 2 N–H and O–H groups in total. The number of hydrogen-bond acceptors (Lipinski definition) is 3. The predicted octanol–water partition coefficient (Wildman–Crippen LogP) is -0.384. The normalized spacial score (nSPS) is 12.7. The Labute approximate surface area is 60.7 Å². The lowest BCUT2D eigenvalue weighted by molar-refractivity contribution is 0.108. The minimum atomic E-state index is -5.66. The van der Waals surface area contributed by atoms with Crippen molar-refractivity contribution in [3.63, 3.8) is 0 Å². The molecule has 0 heterocycles. The van der Waals surface area contributed by atoms with Crippen LogP contribution < -0.4 is 0 Å². The Hall–Kier alpha value is -0.760. The van der Waals surface area contributed by atoms with Crippen LogP contribution in [0.15, 0.2) is 0 Å². The van der Waals surface area contributed by atoms with Gasteiger partial charge in [-0.1, -0.05) is 0 Å². The van der Waals surface area contributed by atoms with Crippen molar-refractivity contribution >= 4 is 16.1 Å². The zero-order valence-corrected chi connectivity index (χ0v) is 6.10. The van der Waals surface area contributed by atoms with Gasteiger partial charge < -0.3 is 9.53 Å². The van der Waals surface area contributed by atoms with E-state index in [9.17, 15) is 17.2 Å². The molecular weight excluding hydrogens is 186 g/mol. The number of methoxy groups -OCH3 is 1. The Kier molecular flexibility index (Phi) is 2.51. The van der Waals surface area contributed by atoms with Gasteiger partial charge in [-0.05, 0) is 0 Å². The zero-order chi connectivity index (χ0) is 9.28. The first-order valence-electron chi connectivity index (χ1n) is 2.18. The Bertz CT molecular complexity index is 255. The molecule has 0 aliphatic rings. The molecule has 0 saturated heterocycles. The number of alkyl halides is 2. The third-order valence-corrected chi connectivity index (χ3v) is 1.59. The molecule has 0 rings (SSSR count). The van der Waals surface area contributed by atoms with Crippen LogP contribution in [0.2, 0.25) is 0 Å². The summed E-state index contributed by atoms with van der Waals surface area (Å²) in [6.07, 6.45) is 0. The number of esters is 1. The molecule has 0 aliphatic carbocycles. The van der Waals surface area contributed by atoms with Crippen molar-refractivity contribution in [2.75, 3.05) is 7.11 Å². The lowest BCUT2D eigenvalue weighted by atomic mass is 10.7. The maximum Gasteiger partial charge on any atom is 0.575 e. The van der Waals surface area contributed by atoms with Gasteiger partial charge in [0.1, 0.15) is 0 Å². The second kappa shape index (κ2) is 2.70. The van der Waals surface area contributed by atoms with E-state index in [0.29, 0.717) is 7.11 Å². The number of ether oxygens (including phenoxy) is 1. The van der Waals surface area contributed by atoms with Crippen molar-refractivity contribution < 1.29 is 31.3 Å². The summed E-state index contributed by atoms with van der Waals surface area (Å²) in [5.74, 6) is -2.07. The maximum absolute atomic E-state index is 12.1. The third-order valence-electron chi connectivity index (χ3n) is 0.766. The number of halogens is 2. The van der Waals surface area contributed by atoms with E-state index in [1.807, 2.05) is 0 Å². The standard InChI is InChI=1S/C3H4F2O5S/c1-10-2(6)3(4,5)11(7,8)9/h1H3,(H,7,8,9)/p+1. The van der Waals surface area contributed by atoms with E-state index in [0.717, 1.165) is 0 Å². The first-order valence-corrected chi connectivity index (χ1v) is 3.62. The fourth-order valence-electron chi connectivity index (χ4n) is 0.229. The second-order valence-corrected chi connectivity index (χ2v) is 2.96. The molecule has 0 bridgehead atoms. The number of carbonyl (C=O) groups excluding carboxylic acids is 1. The molecule has 0 radical (unpaired) electrons. The largest absolute Gasteiger partial charge is 0.575 e. The van der Waals surface area contributed by atoms with Gasteiger partial charge in [0.15, 0.2) is 7.11 Å². The molecule has 66 valence electrons. The molecule has 0 aromatic carbocycles. The third kappa shape index (κ3) is 1.84. The molecule has 0 aromatic rings. The van der Waals surface area contributed by atoms with Crippen LogP contribution in [0.4, 0.5) is 8.78 Å². The SMILES string of the molecule is COC(=[OH+])C(F)(F)S(=O)(=O)O. The van der Waals surface area contributed by atoms with Gasteiger partial charge >= 0.3 is 21.3 Å². The molecule has 0 spiro atoms. The first kappa shape index (κ1) is 10.2. The predicted molar refractivity (Wildman–Crippen MR) is 30.4 cm³/mol. The summed E-state index contributed by atoms with van der Waals surface area (Å²) in [7, 11) is -5.03. The van der Waals surface area contributed by atoms with Crippen molar-refractivity contribution in [3.8, 4) is 0 Å². The fourth-order valence-corrected chi connectivity index (χ4v) is 0.533. The molecule has 0 atom stereocenters. The summed E-state index contributed by atoms with van der Waals surface area (Å²) < 4.78 is 55.1. The quantitative estimate of drug-likeness (QED) is 0.366. The highest BCUT2D eigenvalue weighted by Crippen LogP contribution is 2.21.